The summed E-state index contributed by atoms with van der Waals surface area (Å²) in [5.41, 5.74) is 1.01. The van der Waals surface area contributed by atoms with Crippen LogP contribution < -0.4 is 4.74 Å². The van der Waals surface area contributed by atoms with Crippen LogP contribution in [-0.4, -0.2) is 42.2 Å². The van der Waals surface area contributed by atoms with E-state index in [4.69, 9.17) is 4.74 Å². The molecule has 18 heavy (non-hydrogen) atoms. The van der Waals surface area contributed by atoms with E-state index >= 15 is 0 Å². The normalized spacial score (nSPS) is 12.4. The van der Waals surface area contributed by atoms with Crippen molar-refractivity contribution < 1.29 is 14.6 Å². The molecular weight excluding hydrogens is 230 g/mol. The minimum atomic E-state index is -0.769. The molecule has 0 aliphatic heterocycles. The Morgan fingerprint density at radius 2 is 1.83 bits per heavy atom. The molecule has 4 heteroatoms. The van der Waals surface area contributed by atoms with Crippen LogP contribution in [0.5, 0.6) is 5.75 Å². The zero-order valence-electron chi connectivity index (χ0n) is 11.2. The van der Waals surface area contributed by atoms with Gasteiger partial charge in [-0.1, -0.05) is 26.0 Å². The van der Waals surface area contributed by atoms with Gasteiger partial charge in [0.05, 0.1) is 7.11 Å². The van der Waals surface area contributed by atoms with Crippen LogP contribution in [0, 0.1) is 0 Å². The molecule has 0 saturated heterocycles. The summed E-state index contributed by atoms with van der Waals surface area (Å²) in [5, 5.41) is 9.30. The Balaban J connectivity index is 2.79. The van der Waals surface area contributed by atoms with Crippen LogP contribution >= 0.6 is 0 Å². The number of likely N-dealkylation sites (N-methyl/N-ethyl adjacent to an activating group) is 1. The van der Waals surface area contributed by atoms with Crippen molar-refractivity contribution in [2.75, 3.05) is 20.2 Å². The summed E-state index contributed by atoms with van der Waals surface area (Å²) >= 11 is 0. The van der Waals surface area contributed by atoms with Crippen LogP contribution in [0.2, 0.25) is 0 Å². The predicted octanol–water partition coefficient (Wildman–Crippen LogP) is 2.03. The van der Waals surface area contributed by atoms with E-state index in [9.17, 15) is 9.90 Å². The van der Waals surface area contributed by atoms with Gasteiger partial charge in [0.2, 0.25) is 0 Å². The van der Waals surface area contributed by atoms with Gasteiger partial charge in [0.1, 0.15) is 11.8 Å². The molecule has 1 rings (SSSR count). The van der Waals surface area contributed by atoms with Gasteiger partial charge < -0.3 is 9.84 Å². The average molecular weight is 251 g/mol. The van der Waals surface area contributed by atoms with Crippen molar-refractivity contribution in [3.8, 4) is 5.75 Å². The quantitative estimate of drug-likeness (QED) is 0.805. The molecule has 0 aliphatic carbocycles. The number of rotatable bonds is 7. The van der Waals surface area contributed by atoms with E-state index in [-0.39, 0.29) is 0 Å². The van der Waals surface area contributed by atoms with E-state index in [2.05, 4.69) is 0 Å². The molecule has 0 aliphatic rings. The Morgan fingerprint density at radius 3 is 2.22 bits per heavy atom. The van der Waals surface area contributed by atoms with Gasteiger partial charge in [0.15, 0.2) is 0 Å². The first kappa shape index (κ1) is 14.5. The Hall–Kier alpha value is -1.55. The second kappa shape index (κ2) is 7.01. The second-order valence-corrected chi connectivity index (χ2v) is 4.13. The van der Waals surface area contributed by atoms with Crippen molar-refractivity contribution in [2.24, 2.45) is 0 Å². The highest BCUT2D eigenvalue weighted by atomic mass is 16.5. The Labute approximate surface area is 108 Å². The SMILES string of the molecule is CCN(CC)[C@H](Cc1ccc(OC)cc1)C(=O)O. The molecule has 1 atom stereocenters. The number of carboxylic acid groups (broad SMARTS) is 1. The fourth-order valence-corrected chi connectivity index (χ4v) is 2.02. The first-order valence-corrected chi connectivity index (χ1v) is 6.22. The van der Waals surface area contributed by atoms with Crippen molar-refractivity contribution in [3.05, 3.63) is 29.8 Å². The van der Waals surface area contributed by atoms with Crippen LogP contribution in [0.3, 0.4) is 0 Å². The molecule has 0 aromatic heterocycles. The van der Waals surface area contributed by atoms with Gasteiger partial charge in [-0.05, 0) is 37.2 Å². The average Bonchev–Trinajstić information content (AvgIpc) is 2.39. The lowest BCUT2D eigenvalue weighted by Gasteiger charge is -2.26. The highest BCUT2D eigenvalue weighted by Gasteiger charge is 2.23. The summed E-state index contributed by atoms with van der Waals surface area (Å²) in [7, 11) is 1.62. The molecule has 0 bridgehead atoms. The van der Waals surface area contributed by atoms with Crippen molar-refractivity contribution in [3.63, 3.8) is 0 Å². The molecule has 0 fully saturated rings. The topological polar surface area (TPSA) is 49.8 Å². The third-order valence-corrected chi connectivity index (χ3v) is 3.13. The zero-order valence-corrected chi connectivity index (χ0v) is 11.2. The Bertz CT molecular complexity index is 371. The molecule has 4 nitrogen and oxygen atoms in total. The summed E-state index contributed by atoms with van der Waals surface area (Å²) in [6.07, 6.45) is 0.515. The maximum Gasteiger partial charge on any atom is 0.321 e. The van der Waals surface area contributed by atoms with Crippen LogP contribution in [-0.2, 0) is 11.2 Å². The molecule has 1 aromatic carbocycles. The van der Waals surface area contributed by atoms with Crippen molar-refractivity contribution in [1.29, 1.82) is 0 Å². The van der Waals surface area contributed by atoms with Gasteiger partial charge in [-0.2, -0.15) is 0 Å². The predicted molar refractivity (Wildman–Crippen MR) is 71.0 cm³/mol. The Kier molecular flexibility index (Phi) is 5.65. The highest BCUT2D eigenvalue weighted by molar-refractivity contribution is 5.74. The molecule has 0 spiro atoms. The molecule has 0 heterocycles. The summed E-state index contributed by atoms with van der Waals surface area (Å²) in [6, 6.07) is 7.08. The van der Waals surface area contributed by atoms with Crippen LogP contribution in [0.25, 0.3) is 0 Å². The summed E-state index contributed by atoms with van der Waals surface area (Å²) in [6.45, 7) is 5.44. The molecule has 1 aromatic rings. The number of carbonyl (C=O) groups is 1. The van der Waals surface area contributed by atoms with Gasteiger partial charge >= 0.3 is 5.97 Å². The van der Waals surface area contributed by atoms with E-state index in [1.807, 2.05) is 43.0 Å². The largest absolute Gasteiger partial charge is 0.497 e. The molecule has 100 valence electrons. The number of hydrogen-bond donors (Lipinski definition) is 1. The molecule has 0 unspecified atom stereocenters. The van der Waals surface area contributed by atoms with Crippen LogP contribution in [0.1, 0.15) is 19.4 Å². The van der Waals surface area contributed by atoms with E-state index in [0.717, 1.165) is 24.4 Å². The van der Waals surface area contributed by atoms with Crippen molar-refractivity contribution in [1.82, 2.24) is 4.90 Å². The number of ether oxygens (including phenoxy) is 1. The standard InChI is InChI=1S/C14H21NO3/c1-4-15(5-2)13(14(16)17)10-11-6-8-12(18-3)9-7-11/h6-9,13H,4-5,10H2,1-3H3,(H,16,17)/t13-/m1/s1. The first-order chi connectivity index (χ1) is 8.62. The first-order valence-electron chi connectivity index (χ1n) is 6.22. The van der Waals surface area contributed by atoms with E-state index < -0.39 is 12.0 Å². The summed E-state index contributed by atoms with van der Waals surface area (Å²) in [5.74, 6) is 0.0167. The second-order valence-electron chi connectivity index (χ2n) is 4.13. The van der Waals surface area contributed by atoms with Crippen molar-refractivity contribution in [2.45, 2.75) is 26.3 Å². The number of methoxy groups -OCH3 is 1. The Morgan fingerprint density at radius 1 is 1.28 bits per heavy atom. The smallest absolute Gasteiger partial charge is 0.321 e. The monoisotopic (exact) mass is 251 g/mol. The molecule has 0 saturated carbocycles. The van der Waals surface area contributed by atoms with Crippen molar-refractivity contribution >= 4 is 5.97 Å². The number of nitrogens with zero attached hydrogens (tertiary/aromatic N) is 1. The fourth-order valence-electron chi connectivity index (χ4n) is 2.02. The minimum Gasteiger partial charge on any atom is -0.497 e. The minimum absolute atomic E-state index is 0.464. The lowest BCUT2D eigenvalue weighted by molar-refractivity contribution is -0.143. The number of benzene rings is 1. The van der Waals surface area contributed by atoms with E-state index in [1.54, 1.807) is 7.11 Å². The molecule has 1 N–H and O–H groups in total. The van der Waals surface area contributed by atoms with Gasteiger partial charge in [-0.15, -0.1) is 0 Å². The van der Waals surface area contributed by atoms with Gasteiger partial charge in [0.25, 0.3) is 0 Å². The molecular formula is C14H21NO3. The van der Waals surface area contributed by atoms with E-state index in [0.29, 0.717) is 6.42 Å². The maximum atomic E-state index is 11.3. The number of hydrogen-bond acceptors (Lipinski definition) is 3. The maximum absolute atomic E-state index is 11.3. The lowest BCUT2D eigenvalue weighted by Crippen LogP contribution is -2.42. The third-order valence-electron chi connectivity index (χ3n) is 3.13. The highest BCUT2D eigenvalue weighted by Crippen LogP contribution is 2.14. The lowest BCUT2D eigenvalue weighted by atomic mass is 10.0. The molecule has 0 amide bonds. The molecule has 0 radical (unpaired) electrons. The number of aliphatic carboxylic acids is 1. The van der Waals surface area contributed by atoms with Crippen LogP contribution in [0.15, 0.2) is 24.3 Å². The van der Waals surface area contributed by atoms with Gasteiger partial charge in [0, 0.05) is 0 Å². The van der Waals surface area contributed by atoms with Gasteiger partial charge in [-0.25, -0.2) is 0 Å². The zero-order chi connectivity index (χ0) is 13.5. The van der Waals surface area contributed by atoms with E-state index in [1.165, 1.54) is 0 Å². The van der Waals surface area contributed by atoms with Crippen LogP contribution in [0.4, 0.5) is 0 Å². The van der Waals surface area contributed by atoms with Gasteiger partial charge in [-0.3, -0.25) is 9.69 Å². The third kappa shape index (κ3) is 3.74. The number of carboxylic acids is 1. The summed E-state index contributed by atoms with van der Waals surface area (Å²) in [4.78, 5) is 13.3. The summed E-state index contributed by atoms with van der Waals surface area (Å²) < 4.78 is 5.08. The fraction of sp³-hybridized carbons (Fsp3) is 0.500.